The molecule has 186 valence electrons. The molecule has 35 heavy (non-hydrogen) atoms. The average Bonchev–Trinajstić information content (AvgIpc) is 3.12. The Morgan fingerprint density at radius 3 is 2.54 bits per heavy atom. The Hall–Kier alpha value is -2.68. The van der Waals surface area contributed by atoms with Gasteiger partial charge in [0.2, 0.25) is 5.91 Å². The third kappa shape index (κ3) is 3.61. The fourth-order valence-corrected chi connectivity index (χ4v) is 6.21. The number of benzene rings is 1. The standard InChI is InChI=1S/C26H29ClN2O6/c1-2-25-11-6-16-34-24(33)20(25)19-22(31)29(13-3-4-15-30)21-23(32)28(14-5-12-26(19,21)35-25)18-9-7-17(27)8-10-18/h5-12,19-21,30H,2-4,13-16H2,1H3/t19-,20+,21?,25-,26-/m0/s1. The highest BCUT2D eigenvalue weighted by atomic mass is 35.5. The monoisotopic (exact) mass is 500 g/mol. The zero-order valence-electron chi connectivity index (χ0n) is 19.6. The molecule has 0 saturated carbocycles. The molecule has 5 atom stereocenters. The molecular formula is C26H29ClN2O6. The third-order valence-electron chi connectivity index (χ3n) is 7.64. The van der Waals surface area contributed by atoms with Crippen LogP contribution in [0.1, 0.15) is 26.2 Å². The Kier molecular flexibility index (Phi) is 6.23. The molecule has 4 aliphatic rings. The topological polar surface area (TPSA) is 96.4 Å². The summed E-state index contributed by atoms with van der Waals surface area (Å²) in [5.74, 6) is -2.80. The summed E-state index contributed by atoms with van der Waals surface area (Å²) in [7, 11) is 0. The fourth-order valence-electron chi connectivity index (χ4n) is 6.08. The summed E-state index contributed by atoms with van der Waals surface area (Å²) in [5, 5.41) is 9.86. The van der Waals surface area contributed by atoms with Gasteiger partial charge >= 0.3 is 5.97 Å². The Morgan fingerprint density at radius 2 is 1.83 bits per heavy atom. The maximum Gasteiger partial charge on any atom is 0.313 e. The number of hydrogen-bond donors (Lipinski definition) is 1. The van der Waals surface area contributed by atoms with Crippen LogP contribution < -0.4 is 4.90 Å². The van der Waals surface area contributed by atoms with Crippen molar-refractivity contribution in [3.8, 4) is 0 Å². The van der Waals surface area contributed by atoms with E-state index in [1.54, 1.807) is 40.1 Å². The van der Waals surface area contributed by atoms with Crippen molar-refractivity contribution >= 4 is 35.1 Å². The lowest BCUT2D eigenvalue weighted by Crippen LogP contribution is -2.56. The van der Waals surface area contributed by atoms with Crippen LogP contribution in [0.25, 0.3) is 0 Å². The number of hydrogen-bond acceptors (Lipinski definition) is 6. The van der Waals surface area contributed by atoms with Crippen LogP contribution >= 0.6 is 11.6 Å². The van der Waals surface area contributed by atoms with E-state index in [-0.39, 0.29) is 38.1 Å². The van der Waals surface area contributed by atoms with Gasteiger partial charge in [-0.3, -0.25) is 14.4 Å². The third-order valence-corrected chi connectivity index (χ3v) is 7.89. The highest BCUT2D eigenvalue weighted by Crippen LogP contribution is 2.58. The van der Waals surface area contributed by atoms with Crippen molar-refractivity contribution in [2.75, 3.05) is 31.2 Å². The number of cyclic esters (lactones) is 1. The van der Waals surface area contributed by atoms with Crippen LogP contribution in [0.3, 0.4) is 0 Å². The molecule has 2 amide bonds. The molecule has 0 radical (unpaired) electrons. The second-order valence-corrected chi connectivity index (χ2v) is 9.88. The maximum atomic E-state index is 14.2. The van der Waals surface area contributed by atoms with E-state index in [1.165, 1.54) is 0 Å². The summed E-state index contributed by atoms with van der Waals surface area (Å²) in [5.41, 5.74) is -1.69. The first kappa shape index (κ1) is 24.0. The quantitative estimate of drug-likeness (QED) is 0.366. The van der Waals surface area contributed by atoms with E-state index in [1.807, 2.05) is 25.2 Å². The summed E-state index contributed by atoms with van der Waals surface area (Å²) in [6.45, 7) is 2.58. The second kappa shape index (κ2) is 9.08. The van der Waals surface area contributed by atoms with Gasteiger partial charge in [0.15, 0.2) is 0 Å². The smallest absolute Gasteiger partial charge is 0.313 e. The van der Waals surface area contributed by atoms with E-state index < -0.39 is 35.0 Å². The van der Waals surface area contributed by atoms with Gasteiger partial charge in [0.05, 0.1) is 5.92 Å². The molecule has 8 nitrogen and oxygen atoms in total. The van der Waals surface area contributed by atoms with Crippen LogP contribution in [0.4, 0.5) is 5.69 Å². The minimum Gasteiger partial charge on any atom is -0.461 e. The summed E-state index contributed by atoms with van der Waals surface area (Å²) in [6.07, 6.45) is 8.70. The number of amides is 2. The molecule has 1 aromatic carbocycles. The largest absolute Gasteiger partial charge is 0.461 e. The lowest BCUT2D eigenvalue weighted by molar-refractivity contribution is -0.157. The van der Waals surface area contributed by atoms with Gasteiger partial charge in [-0.25, -0.2) is 0 Å². The predicted molar refractivity (Wildman–Crippen MR) is 129 cm³/mol. The van der Waals surface area contributed by atoms with Crippen LogP contribution in [0, 0.1) is 11.8 Å². The number of rotatable bonds is 6. The molecule has 4 aliphatic heterocycles. The molecular weight excluding hydrogens is 472 g/mol. The summed E-state index contributed by atoms with van der Waals surface area (Å²) < 4.78 is 12.2. The van der Waals surface area contributed by atoms with E-state index in [9.17, 15) is 19.5 Å². The average molecular weight is 501 g/mol. The lowest BCUT2D eigenvalue weighted by atomic mass is 9.73. The van der Waals surface area contributed by atoms with Crippen LogP contribution in [0.2, 0.25) is 5.02 Å². The number of carbonyl (C=O) groups excluding carboxylic acids is 3. The number of aliphatic hydroxyl groups is 1. The number of likely N-dealkylation sites (tertiary alicyclic amines) is 1. The van der Waals surface area contributed by atoms with Gasteiger partial charge in [-0.05, 0) is 49.6 Å². The molecule has 2 fully saturated rings. The van der Waals surface area contributed by atoms with E-state index in [4.69, 9.17) is 21.1 Å². The molecule has 1 unspecified atom stereocenters. The van der Waals surface area contributed by atoms with Gasteiger partial charge in [0.25, 0.3) is 5.91 Å². The number of fused-ring (bicyclic) bond motifs is 2. The fraction of sp³-hybridized carbons (Fsp3) is 0.500. The van der Waals surface area contributed by atoms with Crippen LogP contribution in [-0.4, -0.2) is 71.3 Å². The molecule has 1 spiro atoms. The highest BCUT2D eigenvalue weighted by Gasteiger charge is 2.75. The van der Waals surface area contributed by atoms with Crippen molar-refractivity contribution in [1.29, 1.82) is 0 Å². The number of carbonyl (C=O) groups is 3. The highest BCUT2D eigenvalue weighted by molar-refractivity contribution is 6.30. The van der Waals surface area contributed by atoms with E-state index in [0.29, 0.717) is 30.0 Å². The number of aliphatic hydroxyl groups excluding tert-OH is 1. The molecule has 4 heterocycles. The summed E-state index contributed by atoms with van der Waals surface area (Å²) in [6, 6.07) is 6.01. The normalized spacial score (nSPS) is 33.8. The van der Waals surface area contributed by atoms with E-state index in [0.717, 1.165) is 0 Å². The second-order valence-electron chi connectivity index (χ2n) is 9.44. The lowest BCUT2D eigenvalue weighted by Gasteiger charge is -2.38. The van der Waals surface area contributed by atoms with E-state index >= 15 is 0 Å². The van der Waals surface area contributed by atoms with Crippen molar-refractivity contribution in [2.24, 2.45) is 11.8 Å². The van der Waals surface area contributed by atoms with Crippen molar-refractivity contribution < 1.29 is 29.0 Å². The first-order valence-corrected chi connectivity index (χ1v) is 12.5. The number of unbranched alkanes of at least 4 members (excludes halogenated alkanes) is 1. The van der Waals surface area contributed by atoms with Gasteiger partial charge in [0, 0.05) is 30.4 Å². The Labute approximate surface area is 209 Å². The molecule has 0 aromatic heterocycles. The van der Waals surface area contributed by atoms with Crippen LogP contribution in [0.15, 0.2) is 48.6 Å². The molecule has 0 aliphatic carbocycles. The Balaban J connectivity index is 1.63. The van der Waals surface area contributed by atoms with Gasteiger partial charge in [-0.2, -0.15) is 0 Å². The van der Waals surface area contributed by atoms with Gasteiger partial charge in [-0.15, -0.1) is 0 Å². The van der Waals surface area contributed by atoms with Crippen molar-refractivity contribution in [3.05, 3.63) is 53.6 Å². The van der Waals surface area contributed by atoms with E-state index in [2.05, 4.69) is 0 Å². The SMILES string of the molecule is CC[C@]12C=CCOC(=O)[C@H]1[C@H]1C(=O)N(CCCCO)C3C(=O)N(c4ccc(Cl)cc4)CC=C[C@@]31O2. The number of ether oxygens (including phenoxy) is 2. The molecule has 1 N–H and O–H groups in total. The van der Waals surface area contributed by atoms with Gasteiger partial charge in [-0.1, -0.05) is 36.8 Å². The Bertz CT molecular complexity index is 1090. The predicted octanol–water partition coefficient (Wildman–Crippen LogP) is 2.49. The van der Waals surface area contributed by atoms with Crippen LogP contribution in [-0.2, 0) is 23.9 Å². The van der Waals surface area contributed by atoms with Crippen LogP contribution in [0.5, 0.6) is 0 Å². The minimum absolute atomic E-state index is 0.0127. The van der Waals surface area contributed by atoms with Crippen molar-refractivity contribution in [3.63, 3.8) is 0 Å². The van der Waals surface area contributed by atoms with Gasteiger partial charge < -0.3 is 24.4 Å². The number of anilines is 1. The zero-order chi connectivity index (χ0) is 24.8. The minimum atomic E-state index is -1.31. The number of esters is 1. The molecule has 5 rings (SSSR count). The first-order chi connectivity index (χ1) is 16.9. The summed E-state index contributed by atoms with van der Waals surface area (Å²) >= 11 is 6.06. The molecule has 9 heteroatoms. The van der Waals surface area contributed by atoms with Crippen molar-refractivity contribution in [2.45, 2.75) is 43.4 Å². The Morgan fingerprint density at radius 1 is 1.06 bits per heavy atom. The van der Waals surface area contributed by atoms with Crippen molar-refractivity contribution in [1.82, 2.24) is 4.90 Å². The maximum absolute atomic E-state index is 14.2. The number of nitrogens with zero attached hydrogens (tertiary/aromatic N) is 2. The molecule has 1 aromatic rings. The molecule has 0 bridgehead atoms. The molecule has 2 saturated heterocycles. The first-order valence-electron chi connectivity index (χ1n) is 12.1. The summed E-state index contributed by atoms with van der Waals surface area (Å²) in [4.78, 5) is 44.5. The zero-order valence-corrected chi connectivity index (χ0v) is 20.3. The van der Waals surface area contributed by atoms with Gasteiger partial charge in [0.1, 0.15) is 29.8 Å². The number of halogens is 1.